The van der Waals surface area contributed by atoms with Crippen LogP contribution in [0.1, 0.15) is 61.3 Å². The van der Waals surface area contributed by atoms with Crippen molar-refractivity contribution in [2.75, 3.05) is 0 Å². The summed E-state index contributed by atoms with van der Waals surface area (Å²) in [4.78, 5) is 11.6. The van der Waals surface area contributed by atoms with Gasteiger partial charge in [0.2, 0.25) is 0 Å². The Kier molecular flexibility index (Phi) is 6.82. The molecule has 0 bridgehead atoms. The minimum Gasteiger partial charge on any atom is -0.413 e. The quantitative estimate of drug-likeness (QED) is 0.515. The molecule has 134 valence electrons. The van der Waals surface area contributed by atoms with Crippen LogP contribution in [0.4, 0.5) is 0 Å². The topological polar surface area (TPSA) is 35.5 Å². The summed E-state index contributed by atoms with van der Waals surface area (Å²) in [6, 6.07) is 0. The molecule has 0 aliphatic carbocycles. The minimum absolute atomic E-state index is 0.0448. The summed E-state index contributed by atoms with van der Waals surface area (Å²) in [6.07, 6.45) is 3.70. The van der Waals surface area contributed by atoms with Gasteiger partial charge in [0.1, 0.15) is 5.78 Å². The van der Waals surface area contributed by atoms with Gasteiger partial charge in [0.05, 0.1) is 18.3 Å². The summed E-state index contributed by atoms with van der Waals surface area (Å²) in [5.74, 6) is 0.431. The first-order valence-corrected chi connectivity index (χ1v) is 11.7. The molecular formula is C19H36O3Si. The fourth-order valence-corrected chi connectivity index (χ4v) is 4.22. The monoisotopic (exact) mass is 340 g/mol. The summed E-state index contributed by atoms with van der Waals surface area (Å²) < 4.78 is 12.9. The zero-order valence-corrected chi connectivity index (χ0v) is 17.5. The van der Waals surface area contributed by atoms with Crippen molar-refractivity contribution in [2.24, 2.45) is 5.92 Å². The van der Waals surface area contributed by atoms with Crippen molar-refractivity contribution >= 4 is 14.1 Å². The van der Waals surface area contributed by atoms with E-state index in [1.807, 2.05) is 0 Å². The summed E-state index contributed by atoms with van der Waals surface area (Å²) in [5, 5.41) is 0.188. The highest BCUT2D eigenvalue weighted by molar-refractivity contribution is 6.74. The number of rotatable bonds is 5. The lowest BCUT2D eigenvalue weighted by atomic mass is 9.87. The van der Waals surface area contributed by atoms with E-state index in [4.69, 9.17) is 9.16 Å². The highest BCUT2D eigenvalue weighted by Crippen LogP contribution is 2.41. The van der Waals surface area contributed by atoms with Gasteiger partial charge in [-0.05, 0) is 38.9 Å². The summed E-state index contributed by atoms with van der Waals surface area (Å²) in [7, 11) is -1.83. The van der Waals surface area contributed by atoms with Crippen LogP contribution in [0.2, 0.25) is 18.1 Å². The molecule has 1 heterocycles. The second-order valence-corrected chi connectivity index (χ2v) is 13.6. The molecule has 3 nitrogen and oxygen atoms in total. The number of carbonyl (C=O) groups is 1. The van der Waals surface area contributed by atoms with Crippen LogP contribution in [-0.2, 0) is 14.0 Å². The predicted molar refractivity (Wildman–Crippen MR) is 99.2 cm³/mol. The number of carbonyl (C=O) groups excluding carboxylic acids is 1. The maximum absolute atomic E-state index is 11.6. The van der Waals surface area contributed by atoms with Gasteiger partial charge in [0, 0.05) is 18.8 Å². The molecule has 0 amide bonds. The first-order valence-electron chi connectivity index (χ1n) is 8.81. The maximum Gasteiger partial charge on any atom is 0.192 e. The molecule has 4 heteroatoms. The van der Waals surface area contributed by atoms with Crippen LogP contribution in [0, 0.1) is 5.92 Å². The Balaban J connectivity index is 2.98. The van der Waals surface area contributed by atoms with E-state index in [0.717, 1.165) is 6.42 Å². The van der Waals surface area contributed by atoms with Crippen LogP contribution < -0.4 is 0 Å². The molecule has 1 saturated heterocycles. The Hall–Kier alpha value is -0.453. The summed E-state index contributed by atoms with van der Waals surface area (Å²) in [6.45, 7) is 19.4. The van der Waals surface area contributed by atoms with E-state index in [0.29, 0.717) is 6.42 Å². The van der Waals surface area contributed by atoms with Crippen molar-refractivity contribution < 1.29 is 14.0 Å². The van der Waals surface area contributed by atoms with Crippen LogP contribution >= 0.6 is 0 Å². The highest BCUT2D eigenvalue weighted by atomic mass is 28.4. The molecule has 0 saturated carbocycles. The smallest absolute Gasteiger partial charge is 0.192 e. The van der Waals surface area contributed by atoms with Crippen LogP contribution in [0.3, 0.4) is 0 Å². The average molecular weight is 341 g/mol. The van der Waals surface area contributed by atoms with Gasteiger partial charge >= 0.3 is 0 Å². The van der Waals surface area contributed by atoms with Crippen LogP contribution in [0.5, 0.6) is 0 Å². The molecule has 0 aromatic carbocycles. The maximum atomic E-state index is 11.6. The molecule has 0 N–H and O–H groups in total. The van der Waals surface area contributed by atoms with Gasteiger partial charge in [0.15, 0.2) is 8.32 Å². The molecule has 0 aromatic heterocycles. The molecule has 4 atom stereocenters. The number of Topliss-reactive ketones (excluding diaryl/α,β-unsaturated/α-hetero) is 1. The van der Waals surface area contributed by atoms with Gasteiger partial charge < -0.3 is 9.16 Å². The zero-order chi connectivity index (χ0) is 18.0. The Labute approximate surface area is 144 Å². The van der Waals surface area contributed by atoms with Crippen molar-refractivity contribution in [1.29, 1.82) is 0 Å². The number of ketones is 1. The SMILES string of the molecule is CC(=O)C[C@H]1O[C@@H](C=C(C)C)C[C@@H](O[Si](C)(C)C(C)(C)C)[C@H]1C. The highest BCUT2D eigenvalue weighted by Gasteiger charge is 2.44. The fraction of sp³-hybridized carbons (Fsp3) is 0.842. The Bertz CT molecular complexity index is 444. The van der Waals surface area contributed by atoms with Crippen LogP contribution in [0.15, 0.2) is 11.6 Å². The number of hydrogen-bond donors (Lipinski definition) is 0. The Morgan fingerprint density at radius 2 is 1.83 bits per heavy atom. The first kappa shape index (κ1) is 20.6. The van der Waals surface area contributed by atoms with E-state index in [-0.39, 0.29) is 35.1 Å². The van der Waals surface area contributed by atoms with E-state index in [2.05, 4.69) is 60.7 Å². The Morgan fingerprint density at radius 1 is 1.26 bits per heavy atom. The normalized spacial score (nSPS) is 29.3. The van der Waals surface area contributed by atoms with E-state index >= 15 is 0 Å². The zero-order valence-electron chi connectivity index (χ0n) is 16.5. The first-order chi connectivity index (χ1) is 10.3. The predicted octanol–water partition coefficient (Wildman–Crippen LogP) is 5.12. The van der Waals surface area contributed by atoms with E-state index in [1.54, 1.807) is 6.92 Å². The van der Waals surface area contributed by atoms with Gasteiger partial charge in [-0.2, -0.15) is 0 Å². The summed E-state index contributed by atoms with van der Waals surface area (Å²) >= 11 is 0. The van der Waals surface area contributed by atoms with Crippen molar-refractivity contribution in [2.45, 2.75) is 97.8 Å². The van der Waals surface area contributed by atoms with Crippen molar-refractivity contribution in [3.05, 3.63) is 11.6 Å². The minimum atomic E-state index is -1.83. The molecular weight excluding hydrogens is 304 g/mol. The fourth-order valence-electron chi connectivity index (χ4n) is 2.79. The standard InChI is InChI=1S/C19H36O3Si/c1-13(2)10-16-12-18(22-23(8,9)19(5,6)7)15(4)17(21-16)11-14(3)20/h10,15-18H,11-12H2,1-9H3/t15-,16-,17+,18+/m0/s1. The molecule has 0 unspecified atom stereocenters. The third-order valence-corrected chi connectivity index (χ3v) is 9.75. The van der Waals surface area contributed by atoms with Crippen molar-refractivity contribution in [1.82, 2.24) is 0 Å². The molecule has 0 aromatic rings. The van der Waals surface area contributed by atoms with E-state index in [1.165, 1.54) is 5.57 Å². The molecule has 1 fully saturated rings. The molecule has 0 radical (unpaired) electrons. The lowest BCUT2D eigenvalue weighted by molar-refractivity contribution is -0.133. The number of hydrogen-bond acceptors (Lipinski definition) is 3. The third-order valence-electron chi connectivity index (χ3n) is 5.25. The summed E-state index contributed by atoms with van der Waals surface area (Å²) in [5.41, 5.74) is 1.25. The second kappa shape index (κ2) is 7.62. The van der Waals surface area contributed by atoms with Crippen molar-refractivity contribution in [3.8, 4) is 0 Å². The lowest BCUT2D eigenvalue weighted by Crippen LogP contribution is -2.51. The molecule has 23 heavy (non-hydrogen) atoms. The number of ether oxygens (including phenoxy) is 1. The molecule has 1 aliphatic rings. The van der Waals surface area contributed by atoms with Gasteiger partial charge in [-0.25, -0.2) is 0 Å². The molecule has 0 spiro atoms. The third kappa shape index (κ3) is 5.84. The van der Waals surface area contributed by atoms with E-state index < -0.39 is 8.32 Å². The Morgan fingerprint density at radius 3 is 2.26 bits per heavy atom. The van der Waals surface area contributed by atoms with E-state index in [9.17, 15) is 4.79 Å². The molecule has 1 aliphatic heterocycles. The lowest BCUT2D eigenvalue weighted by Gasteiger charge is -2.46. The molecule has 1 rings (SSSR count). The largest absolute Gasteiger partial charge is 0.413 e. The number of allylic oxidation sites excluding steroid dienone is 1. The second-order valence-electron chi connectivity index (χ2n) is 8.87. The van der Waals surface area contributed by atoms with Crippen LogP contribution in [-0.4, -0.2) is 32.4 Å². The van der Waals surface area contributed by atoms with Gasteiger partial charge in [-0.1, -0.05) is 39.3 Å². The van der Waals surface area contributed by atoms with Gasteiger partial charge in [-0.15, -0.1) is 0 Å². The van der Waals surface area contributed by atoms with Gasteiger partial charge in [0.25, 0.3) is 0 Å². The van der Waals surface area contributed by atoms with Crippen molar-refractivity contribution in [3.63, 3.8) is 0 Å². The van der Waals surface area contributed by atoms with Crippen LogP contribution in [0.25, 0.3) is 0 Å². The van der Waals surface area contributed by atoms with Gasteiger partial charge in [-0.3, -0.25) is 4.79 Å². The average Bonchev–Trinajstić information content (AvgIpc) is 2.31.